The van der Waals surface area contributed by atoms with Gasteiger partial charge in [0.2, 0.25) is 0 Å². The summed E-state index contributed by atoms with van der Waals surface area (Å²) in [6.45, 7) is 11.9. The van der Waals surface area contributed by atoms with Gasteiger partial charge in [-0.05, 0) is 65.8 Å². The van der Waals surface area contributed by atoms with Gasteiger partial charge in [-0.15, -0.1) is 0 Å². The molecule has 6 N–H and O–H groups in total. The second-order valence-electron chi connectivity index (χ2n) is 18.7. The Labute approximate surface area is 433 Å². The number of fused-ring (bicyclic) bond motifs is 5. The number of amides is 1. The number of nitrogens with one attached hydrogen (secondary N) is 1. The summed E-state index contributed by atoms with van der Waals surface area (Å²) in [4.78, 5) is 56.7. The summed E-state index contributed by atoms with van der Waals surface area (Å²) in [5.41, 5.74) is -6.01. The summed E-state index contributed by atoms with van der Waals surface area (Å²) in [5.74, 6) is -5.07. The molecule has 3 aromatic rings. The van der Waals surface area contributed by atoms with Gasteiger partial charge >= 0.3 is 11.9 Å². The predicted octanol–water partition coefficient (Wildman–Crippen LogP) is 3.89. The van der Waals surface area contributed by atoms with Crippen LogP contribution >= 0.6 is 0 Å². The third-order valence-corrected chi connectivity index (χ3v) is 13.9. The van der Waals surface area contributed by atoms with Gasteiger partial charge in [0, 0.05) is 118 Å². The van der Waals surface area contributed by atoms with E-state index >= 15 is 0 Å². The fraction of sp³-hybridized carbons (Fsp3) is 0.489. The molecule has 0 spiro atoms. The van der Waals surface area contributed by atoms with Crippen molar-refractivity contribution in [1.29, 1.82) is 0 Å². The van der Waals surface area contributed by atoms with Crippen molar-refractivity contribution in [2.45, 2.75) is 121 Å². The molecule has 1 heterocycles. The summed E-state index contributed by atoms with van der Waals surface area (Å²) in [6.07, 6.45) is -10.3. The van der Waals surface area contributed by atoms with E-state index in [9.17, 15) is 44.7 Å². The van der Waals surface area contributed by atoms with Crippen molar-refractivity contribution in [3.8, 4) is 0 Å². The number of rotatable bonds is 8. The zero-order chi connectivity index (χ0) is 43.7. The smallest absolute Gasteiger partial charge is 0.338 e. The summed E-state index contributed by atoms with van der Waals surface area (Å²) >= 11 is 0. The minimum Gasteiger partial charge on any atom is -0.456 e. The van der Waals surface area contributed by atoms with Gasteiger partial charge < -0.3 is 45.1 Å². The average molecular weight is 1280 g/mol. The molecule has 326 valence electrons. The zero-order valence-corrected chi connectivity index (χ0v) is 45.6. The number of hydrogen-bond donors (Lipinski definition) is 6. The Kier molecular flexibility index (Phi) is 15.5. The molecule has 2 saturated carbocycles. The first-order valence-corrected chi connectivity index (χ1v) is 20.4. The molecule has 2 radical (unpaired) electrons. The fourth-order valence-corrected chi connectivity index (χ4v) is 10.1. The third kappa shape index (κ3) is 8.64. The molecule has 1 amide bonds. The summed E-state index contributed by atoms with van der Waals surface area (Å²) in [5, 5.41) is 64.0. The Morgan fingerprint density at radius 3 is 1.98 bits per heavy atom. The van der Waals surface area contributed by atoms with E-state index in [-0.39, 0.29) is 129 Å². The maximum absolute atomic E-state index is 14.8. The minimum absolute atomic E-state index is 0. The molecule has 1 saturated heterocycles. The molecule has 9 unspecified atom stereocenters. The number of esters is 2. The molecule has 13 nitrogen and oxygen atoms in total. The first-order chi connectivity index (χ1) is 28.1. The van der Waals surface area contributed by atoms with Gasteiger partial charge in [0.05, 0.1) is 35.8 Å². The number of hydrogen-bond acceptors (Lipinski definition) is 12. The maximum atomic E-state index is 14.8. The molecular weight excluding hydrogens is 1220 g/mol. The van der Waals surface area contributed by atoms with E-state index in [1.165, 1.54) is 26.0 Å². The second kappa shape index (κ2) is 18.8. The van der Waals surface area contributed by atoms with Crippen molar-refractivity contribution < 1.29 is 147 Å². The van der Waals surface area contributed by atoms with Gasteiger partial charge in [-0.25, -0.2) is 9.59 Å². The Bertz CT molecular complexity index is 2190. The van der Waals surface area contributed by atoms with Crippen molar-refractivity contribution in [2.75, 3.05) is 6.61 Å². The van der Waals surface area contributed by atoms with Crippen LogP contribution in [0.15, 0.2) is 96.1 Å². The number of benzene rings is 3. The molecule has 2 bridgehead atoms. The molecule has 3 fully saturated rings. The Balaban J connectivity index is 0.00000363. The molecule has 4 aliphatic rings. The summed E-state index contributed by atoms with van der Waals surface area (Å²) in [6, 6.07) is 22.0. The monoisotopic (exact) mass is 1280 g/mol. The van der Waals surface area contributed by atoms with Crippen LogP contribution < -0.4 is 5.32 Å². The van der Waals surface area contributed by atoms with Crippen LogP contribution in [0.25, 0.3) is 0 Å². The molecule has 1 aliphatic heterocycles. The molecular formula is C47H55Ac2NO12. The van der Waals surface area contributed by atoms with E-state index in [0.29, 0.717) is 5.56 Å². The van der Waals surface area contributed by atoms with Gasteiger partial charge in [-0.3, -0.25) is 9.59 Å². The van der Waals surface area contributed by atoms with Gasteiger partial charge in [0.25, 0.3) is 5.91 Å². The van der Waals surface area contributed by atoms with Crippen molar-refractivity contribution in [2.24, 2.45) is 16.7 Å². The third-order valence-electron chi connectivity index (χ3n) is 13.9. The summed E-state index contributed by atoms with van der Waals surface area (Å²) < 4.78 is 18.0. The summed E-state index contributed by atoms with van der Waals surface area (Å²) in [7, 11) is 0. The van der Waals surface area contributed by atoms with E-state index in [4.69, 9.17) is 14.2 Å². The maximum Gasteiger partial charge on any atom is 0.338 e. The van der Waals surface area contributed by atoms with Crippen LogP contribution in [-0.4, -0.2) is 104 Å². The van der Waals surface area contributed by atoms with Crippen LogP contribution in [0.4, 0.5) is 0 Å². The predicted molar refractivity (Wildman–Crippen MR) is 217 cm³/mol. The number of Topliss-reactive ketones (excluding diaryl/α,β-unsaturated/α-hetero) is 1. The molecule has 15 heteroatoms. The Hall–Kier alpha value is -1.88. The van der Waals surface area contributed by atoms with E-state index < -0.39 is 101 Å². The quantitative estimate of drug-likeness (QED) is 0.140. The standard InChI is InChI=1S/C47H55NO12.2Ac/c1-25-30(59-42(55)36(51)34(26-14-10-8-11-15-26)48-40(53)27-18-20-29(21-19-27)43(2,3)4)23-47(57)39(60-41(54)28-16-12-9-13-17-28)37-45(7,31(49)22-32-46(37,56)24-58-32)38(52)35(50)33(25)44(47,5)6;;/h8-21,30-32,34-37,39,49-51,56-57H,22-24H2,1-7H3,(H,48,53);;/t30?,31?,32?,34?,35?,36?,37?,39?,45-,46+,47?;;/m1../s1. The first-order valence-electron chi connectivity index (χ1n) is 20.4. The number of ether oxygens (including phenoxy) is 3. The van der Waals surface area contributed by atoms with Crippen LogP contribution in [0.3, 0.4) is 0 Å². The van der Waals surface area contributed by atoms with Crippen molar-refractivity contribution in [1.82, 2.24) is 5.32 Å². The van der Waals surface area contributed by atoms with Crippen LogP contribution in [0, 0.1) is 105 Å². The SMILES string of the molecule is CC1=C2C(O)C(=O)[C@]3(C)C(O)CC4OC[C@@]4(O)C3C(OC(=O)c3ccccc3)C(O)(CC1OC(=O)C(O)C(NC(=O)c1ccc(C(C)(C)C)cc1)c1ccccc1)C2(C)C.[Ac].[Ac]. The first kappa shape index (κ1) is 51.1. The van der Waals surface area contributed by atoms with E-state index in [2.05, 4.69) is 5.32 Å². The van der Waals surface area contributed by atoms with Crippen molar-refractivity contribution >= 4 is 23.6 Å². The normalized spacial score (nSPS) is 32.0. The second-order valence-corrected chi connectivity index (χ2v) is 18.7. The van der Waals surface area contributed by atoms with E-state index in [1.54, 1.807) is 74.5 Å². The van der Waals surface area contributed by atoms with Gasteiger partial charge in [-0.1, -0.05) is 95.3 Å². The Morgan fingerprint density at radius 2 is 1.44 bits per heavy atom. The molecule has 3 aliphatic carbocycles. The zero-order valence-electron chi connectivity index (χ0n) is 36.1. The molecule has 7 rings (SSSR count). The topological polar surface area (TPSA) is 209 Å². The van der Waals surface area contributed by atoms with E-state index in [1.807, 2.05) is 32.9 Å². The number of carbonyl (C=O) groups is 4. The number of carbonyl (C=O) groups excluding carboxylic acids is 4. The number of ketones is 1. The van der Waals surface area contributed by atoms with Gasteiger partial charge in [0.15, 0.2) is 11.9 Å². The minimum atomic E-state index is -2.31. The number of aliphatic hydroxyl groups excluding tert-OH is 3. The Morgan fingerprint density at radius 1 is 0.855 bits per heavy atom. The van der Waals surface area contributed by atoms with Gasteiger partial charge in [-0.2, -0.15) is 0 Å². The van der Waals surface area contributed by atoms with Crippen molar-refractivity contribution in [3.05, 3.63) is 118 Å². The van der Waals surface area contributed by atoms with Crippen LogP contribution in [0.2, 0.25) is 0 Å². The molecule has 0 aromatic heterocycles. The number of aliphatic hydroxyl groups is 5. The average Bonchev–Trinajstić information content (AvgIpc) is 3.21. The van der Waals surface area contributed by atoms with Crippen LogP contribution in [0.5, 0.6) is 0 Å². The van der Waals surface area contributed by atoms with Crippen LogP contribution in [0.1, 0.15) is 99.2 Å². The van der Waals surface area contributed by atoms with Crippen molar-refractivity contribution in [3.63, 3.8) is 0 Å². The molecule has 11 atom stereocenters. The van der Waals surface area contributed by atoms with Crippen LogP contribution in [-0.2, 0) is 29.2 Å². The largest absolute Gasteiger partial charge is 0.456 e. The molecule has 62 heavy (non-hydrogen) atoms. The molecule has 3 aromatic carbocycles. The van der Waals surface area contributed by atoms with E-state index in [0.717, 1.165) is 5.56 Å². The fourth-order valence-electron chi connectivity index (χ4n) is 10.1. The van der Waals surface area contributed by atoms with Gasteiger partial charge in [0.1, 0.15) is 29.5 Å².